The van der Waals surface area contributed by atoms with Crippen molar-refractivity contribution in [2.45, 2.75) is 39.3 Å². The number of hydrogen-bond acceptors (Lipinski definition) is 5. The van der Waals surface area contributed by atoms with Crippen molar-refractivity contribution in [1.82, 2.24) is 15.2 Å². The molecule has 1 N–H and O–H groups in total. The van der Waals surface area contributed by atoms with Crippen LogP contribution in [0.3, 0.4) is 0 Å². The van der Waals surface area contributed by atoms with Crippen LogP contribution in [0.2, 0.25) is 0 Å². The van der Waals surface area contributed by atoms with Crippen LogP contribution in [0.15, 0.2) is 4.42 Å². The second-order valence-electron chi connectivity index (χ2n) is 5.27. The lowest BCUT2D eigenvalue weighted by Gasteiger charge is -2.24. The molecule has 1 aliphatic heterocycles. The summed E-state index contributed by atoms with van der Waals surface area (Å²) in [5.41, 5.74) is 0.987. The maximum atomic E-state index is 5.68. The molecule has 2 heterocycles. The van der Waals surface area contributed by atoms with E-state index in [1.807, 2.05) is 13.8 Å². The minimum atomic E-state index is 0.592. The van der Waals surface area contributed by atoms with Gasteiger partial charge in [-0.15, -0.1) is 0 Å². The average molecular weight is 267 g/mol. The van der Waals surface area contributed by atoms with E-state index in [1.54, 1.807) is 7.11 Å². The summed E-state index contributed by atoms with van der Waals surface area (Å²) < 4.78 is 10.9. The van der Waals surface area contributed by atoms with Crippen LogP contribution in [0.25, 0.3) is 0 Å². The van der Waals surface area contributed by atoms with Crippen LogP contribution in [-0.2, 0) is 11.3 Å². The van der Waals surface area contributed by atoms with Gasteiger partial charge in [-0.2, -0.15) is 0 Å². The van der Waals surface area contributed by atoms with Crippen LogP contribution in [0.1, 0.15) is 30.2 Å². The molecule has 1 atom stereocenters. The minimum absolute atomic E-state index is 0.592. The zero-order valence-electron chi connectivity index (χ0n) is 12.2. The third kappa shape index (κ3) is 4.30. The third-order valence-electron chi connectivity index (χ3n) is 3.68. The van der Waals surface area contributed by atoms with Gasteiger partial charge in [-0.3, -0.25) is 4.90 Å². The molecule has 1 aromatic heterocycles. The zero-order chi connectivity index (χ0) is 13.7. The Morgan fingerprint density at radius 3 is 2.89 bits per heavy atom. The van der Waals surface area contributed by atoms with E-state index in [4.69, 9.17) is 9.15 Å². The Labute approximate surface area is 115 Å². The molecule has 1 aliphatic rings. The number of oxazole rings is 1. The molecular weight excluding hydrogens is 242 g/mol. The lowest BCUT2D eigenvalue weighted by atomic mass is 10.2. The Balaban J connectivity index is 1.91. The predicted molar refractivity (Wildman–Crippen MR) is 74.2 cm³/mol. The number of ether oxygens (including phenoxy) is 1. The first-order valence-electron chi connectivity index (χ1n) is 7.06. The Morgan fingerprint density at radius 1 is 1.47 bits per heavy atom. The molecule has 5 heteroatoms. The van der Waals surface area contributed by atoms with Gasteiger partial charge in [0.25, 0.3) is 0 Å². The lowest BCUT2D eigenvalue weighted by molar-refractivity contribution is 0.131. The summed E-state index contributed by atoms with van der Waals surface area (Å²) in [6.07, 6.45) is 2.53. The SMILES string of the molecule is COCCN(Cc1nc(C)c(C)o1)CC1CCCN1. The van der Waals surface area contributed by atoms with E-state index in [2.05, 4.69) is 15.2 Å². The van der Waals surface area contributed by atoms with Gasteiger partial charge in [0.2, 0.25) is 5.89 Å². The van der Waals surface area contributed by atoms with E-state index >= 15 is 0 Å². The maximum absolute atomic E-state index is 5.68. The zero-order valence-corrected chi connectivity index (χ0v) is 12.2. The first-order valence-corrected chi connectivity index (χ1v) is 7.06. The number of nitrogens with one attached hydrogen (secondary N) is 1. The number of hydrogen-bond donors (Lipinski definition) is 1. The standard InChI is InChI=1S/C14H25N3O2/c1-11-12(2)19-14(16-11)10-17(7-8-18-3)9-13-5-4-6-15-13/h13,15H,4-10H2,1-3H3. The van der Waals surface area contributed by atoms with Crippen molar-refractivity contribution in [1.29, 1.82) is 0 Å². The summed E-state index contributed by atoms with van der Waals surface area (Å²) in [6.45, 7) is 8.53. The molecule has 0 spiro atoms. The third-order valence-corrected chi connectivity index (χ3v) is 3.68. The number of nitrogens with zero attached hydrogens (tertiary/aromatic N) is 2. The molecule has 5 nitrogen and oxygen atoms in total. The van der Waals surface area contributed by atoms with E-state index in [-0.39, 0.29) is 0 Å². The highest BCUT2D eigenvalue weighted by Gasteiger charge is 2.19. The largest absolute Gasteiger partial charge is 0.444 e. The van der Waals surface area contributed by atoms with E-state index in [0.29, 0.717) is 6.04 Å². The van der Waals surface area contributed by atoms with E-state index in [1.165, 1.54) is 12.8 Å². The van der Waals surface area contributed by atoms with Gasteiger partial charge in [-0.25, -0.2) is 4.98 Å². The van der Waals surface area contributed by atoms with Crippen molar-refractivity contribution in [3.8, 4) is 0 Å². The van der Waals surface area contributed by atoms with Crippen LogP contribution in [-0.4, -0.2) is 49.3 Å². The second-order valence-corrected chi connectivity index (χ2v) is 5.27. The van der Waals surface area contributed by atoms with Gasteiger partial charge in [-0.1, -0.05) is 0 Å². The molecule has 0 radical (unpaired) electrons. The number of aromatic nitrogens is 1. The molecule has 1 aromatic rings. The first kappa shape index (κ1) is 14.5. The topological polar surface area (TPSA) is 50.5 Å². The maximum Gasteiger partial charge on any atom is 0.208 e. The van der Waals surface area contributed by atoms with Crippen LogP contribution in [0, 0.1) is 13.8 Å². The Bertz CT molecular complexity index is 367. The van der Waals surface area contributed by atoms with Gasteiger partial charge in [0, 0.05) is 26.2 Å². The molecule has 0 amide bonds. The van der Waals surface area contributed by atoms with E-state index in [9.17, 15) is 0 Å². The molecule has 1 unspecified atom stereocenters. The Morgan fingerprint density at radius 2 is 2.32 bits per heavy atom. The highest BCUT2D eigenvalue weighted by molar-refractivity contribution is 5.05. The molecule has 1 fully saturated rings. The van der Waals surface area contributed by atoms with Gasteiger partial charge in [0.05, 0.1) is 18.8 Å². The molecule has 19 heavy (non-hydrogen) atoms. The fourth-order valence-corrected chi connectivity index (χ4v) is 2.48. The molecule has 2 rings (SSSR count). The van der Waals surface area contributed by atoms with Crippen LogP contribution in [0.5, 0.6) is 0 Å². The van der Waals surface area contributed by atoms with Crippen molar-refractivity contribution in [2.24, 2.45) is 0 Å². The van der Waals surface area contributed by atoms with Crippen molar-refractivity contribution in [3.05, 3.63) is 17.3 Å². The van der Waals surface area contributed by atoms with Crippen molar-refractivity contribution < 1.29 is 9.15 Å². The normalized spacial score (nSPS) is 19.5. The van der Waals surface area contributed by atoms with Gasteiger partial charge in [-0.05, 0) is 33.2 Å². The Hall–Kier alpha value is -0.910. The van der Waals surface area contributed by atoms with Crippen molar-refractivity contribution >= 4 is 0 Å². The lowest BCUT2D eigenvalue weighted by Crippen LogP contribution is -2.38. The van der Waals surface area contributed by atoms with Crippen molar-refractivity contribution in [2.75, 3.05) is 33.4 Å². The van der Waals surface area contributed by atoms with Crippen LogP contribution >= 0.6 is 0 Å². The molecule has 0 bridgehead atoms. The summed E-state index contributed by atoms with van der Waals surface area (Å²) in [7, 11) is 1.74. The van der Waals surface area contributed by atoms with Crippen LogP contribution < -0.4 is 5.32 Å². The number of aryl methyl sites for hydroxylation is 2. The fourth-order valence-electron chi connectivity index (χ4n) is 2.48. The molecule has 108 valence electrons. The summed E-state index contributed by atoms with van der Waals surface area (Å²) >= 11 is 0. The quantitative estimate of drug-likeness (QED) is 0.811. The number of rotatable bonds is 7. The van der Waals surface area contributed by atoms with Crippen LogP contribution in [0.4, 0.5) is 0 Å². The molecular formula is C14H25N3O2. The second kappa shape index (κ2) is 7.03. The van der Waals surface area contributed by atoms with Gasteiger partial charge in [0.1, 0.15) is 5.76 Å². The Kier molecular flexibility index (Phi) is 5.36. The predicted octanol–water partition coefficient (Wildman–Crippen LogP) is 1.49. The highest BCUT2D eigenvalue weighted by Crippen LogP contribution is 2.13. The molecule has 0 aliphatic carbocycles. The fraction of sp³-hybridized carbons (Fsp3) is 0.786. The molecule has 1 saturated heterocycles. The molecule has 0 aromatic carbocycles. The average Bonchev–Trinajstić information content (AvgIpc) is 2.98. The number of methoxy groups -OCH3 is 1. The van der Waals surface area contributed by atoms with Gasteiger partial charge < -0.3 is 14.5 Å². The summed E-state index contributed by atoms with van der Waals surface area (Å²) in [6, 6.07) is 0.592. The van der Waals surface area contributed by atoms with Gasteiger partial charge >= 0.3 is 0 Å². The van der Waals surface area contributed by atoms with Gasteiger partial charge in [0.15, 0.2) is 0 Å². The van der Waals surface area contributed by atoms with Crippen molar-refractivity contribution in [3.63, 3.8) is 0 Å². The summed E-state index contributed by atoms with van der Waals surface area (Å²) in [5, 5.41) is 3.53. The first-order chi connectivity index (χ1) is 9.19. The van der Waals surface area contributed by atoms with E-state index in [0.717, 1.165) is 50.1 Å². The summed E-state index contributed by atoms with van der Waals surface area (Å²) in [4.78, 5) is 6.82. The highest BCUT2D eigenvalue weighted by atomic mass is 16.5. The summed E-state index contributed by atoms with van der Waals surface area (Å²) in [5.74, 6) is 1.73. The van der Waals surface area contributed by atoms with E-state index < -0.39 is 0 Å². The minimum Gasteiger partial charge on any atom is -0.444 e. The smallest absolute Gasteiger partial charge is 0.208 e. The molecule has 0 saturated carbocycles. The monoisotopic (exact) mass is 267 g/mol.